The summed E-state index contributed by atoms with van der Waals surface area (Å²) in [5.74, 6) is 0.378. The Morgan fingerprint density at radius 3 is 2.41 bits per heavy atom. The molecule has 0 spiro atoms. The highest BCUT2D eigenvalue weighted by atomic mass is 32.2. The van der Waals surface area contributed by atoms with Gasteiger partial charge in [-0.1, -0.05) is 18.2 Å². The summed E-state index contributed by atoms with van der Waals surface area (Å²) in [6.45, 7) is 0. The number of hydrogen-bond donors (Lipinski definition) is 2. The summed E-state index contributed by atoms with van der Waals surface area (Å²) in [5.41, 5.74) is 6.83. The average molecular weight is 249 g/mol. The van der Waals surface area contributed by atoms with Crippen molar-refractivity contribution in [3.63, 3.8) is 0 Å². The van der Waals surface area contributed by atoms with Crippen molar-refractivity contribution in [1.82, 2.24) is 4.98 Å². The van der Waals surface area contributed by atoms with Crippen LogP contribution in [0.4, 0.5) is 5.82 Å². The second-order valence-corrected chi connectivity index (χ2v) is 5.08. The van der Waals surface area contributed by atoms with Crippen LogP contribution in [0.2, 0.25) is 0 Å². The SMILES string of the molecule is Nc1cccc(-c2cccc(S(N)(=O)=O)c2)n1. The van der Waals surface area contributed by atoms with Gasteiger partial charge in [-0.15, -0.1) is 0 Å². The van der Waals surface area contributed by atoms with Crippen LogP contribution in [0, 0.1) is 0 Å². The van der Waals surface area contributed by atoms with Crippen LogP contribution in [0.25, 0.3) is 11.3 Å². The number of anilines is 1. The van der Waals surface area contributed by atoms with E-state index in [2.05, 4.69) is 4.98 Å². The summed E-state index contributed by atoms with van der Waals surface area (Å²) in [5, 5.41) is 5.06. The zero-order valence-corrected chi connectivity index (χ0v) is 9.68. The van der Waals surface area contributed by atoms with Crippen molar-refractivity contribution in [3.05, 3.63) is 42.5 Å². The van der Waals surface area contributed by atoms with E-state index in [1.807, 2.05) is 0 Å². The van der Waals surface area contributed by atoms with Crippen LogP contribution in [0.5, 0.6) is 0 Å². The van der Waals surface area contributed by atoms with Crippen molar-refractivity contribution in [1.29, 1.82) is 0 Å². The van der Waals surface area contributed by atoms with E-state index in [4.69, 9.17) is 10.9 Å². The van der Waals surface area contributed by atoms with E-state index in [9.17, 15) is 8.42 Å². The maximum absolute atomic E-state index is 11.2. The van der Waals surface area contributed by atoms with E-state index in [1.54, 1.807) is 30.3 Å². The Morgan fingerprint density at radius 1 is 1.06 bits per heavy atom. The Balaban J connectivity index is 2.54. The molecule has 1 heterocycles. The van der Waals surface area contributed by atoms with E-state index in [0.717, 1.165) is 0 Å². The van der Waals surface area contributed by atoms with Gasteiger partial charge >= 0.3 is 0 Å². The quantitative estimate of drug-likeness (QED) is 0.828. The molecule has 0 aliphatic rings. The van der Waals surface area contributed by atoms with Gasteiger partial charge in [0.2, 0.25) is 10.0 Å². The molecule has 0 fully saturated rings. The molecule has 0 unspecified atom stereocenters. The standard InChI is InChI=1S/C11H11N3O2S/c12-11-6-2-5-10(14-11)8-3-1-4-9(7-8)17(13,15)16/h1-7H,(H2,12,14)(H2,13,15,16). The van der Waals surface area contributed by atoms with Crippen LogP contribution in [0.15, 0.2) is 47.4 Å². The number of rotatable bonds is 2. The lowest BCUT2D eigenvalue weighted by molar-refractivity contribution is 0.598. The third-order valence-corrected chi connectivity index (χ3v) is 3.14. The molecule has 0 aliphatic carbocycles. The normalized spacial score (nSPS) is 11.4. The van der Waals surface area contributed by atoms with Crippen molar-refractivity contribution in [2.24, 2.45) is 5.14 Å². The number of hydrogen-bond acceptors (Lipinski definition) is 4. The van der Waals surface area contributed by atoms with Gasteiger partial charge in [-0.3, -0.25) is 0 Å². The molecule has 6 heteroatoms. The molecule has 1 aromatic heterocycles. The topological polar surface area (TPSA) is 99.1 Å². The maximum Gasteiger partial charge on any atom is 0.238 e. The third-order valence-electron chi connectivity index (χ3n) is 2.23. The summed E-state index contributed by atoms with van der Waals surface area (Å²) in [6.07, 6.45) is 0. The molecule has 88 valence electrons. The number of nitrogens with two attached hydrogens (primary N) is 2. The monoisotopic (exact) mass is 249 g/mol. The predicted molar refractivity (Wildman–Crippen MR) is 65.5 cm³/mol. The smallest absolute Gasteiger partial charge is 0.238 e. The molecule has 2 aromatic rings. The molecule has 0 saturated heterocycles. The number of sulfonamides is 1. The molecule has 4 N–H and O–H groups in total. The molecule has 17 heavy (non-hydrogen) atoms. The molecule has 0 aliphatic heterocycles. The molecular weight excluding hydrogens is 238 g/mol. The van der Waals surface area contributed by atoms with Crippen LogP contribution in [0.3, 0.4) is 0 Å². The lowest BCUT2D eigenvalue weighted by atomic mass is 10.1. The Kier molecular flexibility index (Phi) is 2.83. The minimum Gasteiger partial charge on any atom is -0.384 e. The first-order valence-corrected chi connectivity index (χ1v) is 6.37. The Hall–Kier alpha value is -1.92. The fourth-order valence-corrected chi connectivity index (χ4v) is 2.00. The molecule has 2 rings (SSSR count). The molecule has 5 nitrogen and oxygen atoms in total. The summed E-state index contributed by atoms with van der Waals surface area (Å²) in [4.78, 5) is 4.16. The number of primary sulfonamides is 1. The number of nitrogens with zero attached hydrogens (tertiary/aromatic N) is 1. The van der Waals surface area contributed by atoms with Gasteiger partial charge in [0.15, 0.2) is 0 Å². The molecule has 0 amide bonds. The first kappa shape index (κ1) is 11.6. The highest BCUT2D eigenvalue weighted by Crippen LogP contribution is 2.20. The lowest BCUT2D eigenvalue weighted by Gasteiger charge is -2.04. The van der Waals surface area contributed by atoms with Crippen LogP contribution in [-0.2, 0) is 10.0 Å². The van der Waals surface area contributed by atoms with Gasteiger partial charge in [0.05, 0.1) is 10.6 Å². The molecule has 0 bridgehead atoms. The maximum atomic E-state index is 11.2. The van der Waals surface area contributed by atoms with Crippen LogP contribution in [-0.4, -0.2) is 13.4 Å². The lowest BCUT2D eigenvalue weighted by Crippen LogP contribution is -2.11. The second-order valence-electron chi connectivity index (χ2n) is 3.52. The Labute approximate surface area is 99.1 Å². The van der Waals surface area contributed by atoms with Crippen molar-refractivity contribution >= 4 is 15.8 Å². The first-order valence-electron chi connectivity index (χ1n) is 4.82. The zero-order valence-electron chi connectivity index (χ0n) is 8.87. The highest BCUT2D eigenvalue weighted by molar-refractivity contribution is 7.89. The average Bonchev–Trinajstić information content (AvgIpc) is 2.28. The van der Waals surface area contributed by atoms with Crippen LogP contribution in [0.1, 0.15) is 0 Å². The second kappa shape index (κ2) is 4.15. The van der Waals surface area contributed by atoms with Crippen molar-refractivity contribution in [2.75, 3.05) is 5.73 Å². The number of aromatic nitrogens is 1. The van der Waals surface area contributed by atoms with Crippen LogP contribution < -0.4 is 10.9 Å². The summed E-state index contributed by atoms with van der Waals surface area (Å²) in [7, 11) is -3.70. The van der Waals surface area contributed by atoms with Gasteiger partial charge < -0.3 is 5.73 Å². The van der Waals surface area contributed by atoms with Crippen molar-refractivity contribution in [2.45, 2.75) is 4.90 Å². The molecule has 1 aromatic carbocycles. The van der Waals surface area contributed by atoms with E-state index in [0.29, 0.717) is 17.1 Å². The van der Waals surface area contributed by atoms with Gasteiger partial charge in [0.25, 0.3) is 0 Å². The predicted octanol–water partition coefficient (Wildman–Crippen LogP) is 0.978. The number of nitrogen functional groups attached to an aromatic ring is 1. The van der Waals surface area contributed by atoms with Gasteiger partial charge in [-0.25, -0.2) is 18.5 Å². The third kappa shape index (κ3) is 2.61. The molecular formula is C11H11N3O2S. The highest BCUT2D eigenvalue weighted by Gasteiger charge is 2.09. The van der Waals surface area contributed by atoms with Crippen LogP contribution >= 0.6 is 0 Å². The van der Waals surface area contributed by atoms with E-state index in [1.165, 1.54) is 12.1 Å². The van der Waals surface area contributed by atoms with Gasteiger partial charge in [0.1, 0.15) is 5.82 Å². The van der Waals surface area contributed by atoms with E-state index in [-0.39, 0.29) is 4.90 Å². The van der Waals surface area contributed by atoms with Crippen molar-refractivity contribution in [3.8, 4) is 11.3 Å². The molecule has 0 radical (unpaired) electrons. The summed E-state index contributed by atoms with van der Waals surface area (Å²) in [6, 6.07) is 11.4. The molecule has 0 atom stereocenters. The Morgan fingerprint density at radius 2 is 1.76 bits per heavy atom. The Bertz CT molecular complexity index is 653. The fraction of sp³-hybridized carbons (Fsp3) is 0. The zero-order chi connectivity index (χ0) is 12.5. The van der Waals surface area contributed by atoms with Gasteiger partial charge in [-0.2, -0.15) is 0 Å². The van der Waals surface area contributed by atoms with Gasteiger partial charge in [0, 0.05) is 5.56 Å². The summed E-state index contributed by atoms with van der Waals surface area (Å²) < 4.78 is 22.4. The minimum absolute atomic E-state index is 0.0548. The van der Waals surface area contributed by atoms with E-state index >= 15 is 0 Å². The number of pyridine rings is 1. The van der Waals surface area contributed by atoms with E-state index < -0.39 is 10.0 Å². The number of benzene rings is 1. The summed E-state index contributed by atoms with van der Waals surface area (Å²) >= 11 is 0. The van der Waals surface area contributed by atoms with Crippen molar-refractivity contribution < 1.29 is 8.42 Å². The van der Waals surface area contributed by atoms with Gasteiger partial charge in [-0.05, 0) is 24.3 Å². The largest absolute Gasteiger partial charge is 0.384 e. The molecule has 0 saturated carbocycles. The minimum atomic E-state index is -3.70. The first-order chi connectivity index (χ1) is 7.97. The fourth-order valence-electron chi connectivity index (χ4n) is 1.44.